The van der Waals surface area contributed by atoms with Gasteiger partial charge in [-0.3, -0.25) is 4.57 Å². The second-order valence-corrected chi connectivity index (χ2v) is 4.72. The predicted molar refractivity (Wildman–Crippen MR) is 73.1 cm³/mol. The molecule has 0 saturated heterocycles. The molecule has 0 aliphatic rings. The van der Waals surface area contributed by atoms with Crippen molar-refractivity contribution >= 4 is 23.3 Å². The number of nitrogens with zero attached hydrogens (tertiary/aromatic N) is 1. The van der Waals surface area contributed by atoms with Crippen molar-refractivity contribution in [3.05, 3.63) is 58.4 Å². The first-order valence-corrected chi connectivity index (χ1v) is 6.14. The number of benzene rings is 2. The molecule has 0 spiro atoms. The average Bonchev–Trinajstić information content (AvgIpc) is 2.70. The average molecular weight is 276 g/mol. The fourth-order valence-corrected chi connectivity index (χ4v) is 2.47. The first-order valence-electron chi connectivity index (χ1n) is 5.73. The normalized spacial score (nSPS) is 11.1. The maximum atomic E-state index is 13.9. The molecule has 19 heavy (non-hydrogen) atoms. The van der Waals surface area contributed by atoms with Crippen LogP contribution in [0.2, 0.25) is 0 Å². The van der Waals surface area contributed by atoms with Gasteiger partial charge in [-0.1, -0.05) is 12.1 Å². The number of hydrogen-bond acceptors (Lipinski definition) is 1. The molecule has 5 heteroatoms. The summed E-state index contributed by atoms with van der Waals surface area (Å²) in [5.41, 5.74) is 2.67. The molecule has 0 unspecified atom stereocenters. The summed E-state index contributed by atoms with van der Waals surface area (Å²) in [4.78, 5) is 3.03. The number of aryl methyl sites for hydroxylation is 1. The van der Waals surface area contributed by atoms with Crippen molar-refractivity contribution < 1.29 is 8.78 Å². The lowest BCUT2D eigenvalue weighted by molar-refractivity contribution is 0.593. The number of H-pyrrole nitrogens is 1. The van der Waals surface area contributed by atoms with Crippen molar-refractivity contribution in [2.45, 2.75) is 6.92 Å². The molecule has 96 valence electrons. The summed E-state index contributed by atoms with van der Waals surface area (Å²) in [6.45, 7) is 1.93. The highest BCUT2D eigenvalue weighted by Gasteiger charge is 2.12. The number of aromatic amines is 1. The van der Waals surface area contributed by atoms with Crippen LogP contribution in [0.3, 0.4) is 0 Å². The summed E-state index contributed by atoms with van der Waals surface area (Å²) in [5, 5.41) is 0. The van der Waals surface area contributed by atoms with E-state index in [2.05, 4.69) is 4.98 Å². The predicted octanol–water partition coefficient (Wildman–Crippen LogP) is 4.27. The van der Waals surface area contributed by atoms with Crippen molar-refractivity contribution in [1.29, 1.82) is 0 Å². The highest BCUT2D eigenvalue weighted by molar-refractivity contribution is 7.71. The molecule has 1 aromatic heterocycles. The first-order chi connectivity index (χ1) is 9.08. The van der Waals surface area contributed by atoms with Crippen LogP contribution in [0.25, 0.3) is 16.7 Å². The molecule has 2 nitrogen and oxygen atoms in total. The zero-order chi connectivity index (χ0) is 13.6. The van der Waals surface area contributed by atoms with Crippen LogP contribution >= 0.6 is 12.2 Å². The maximum absolute atomic E-state index is 13.9. The second-order valence-electron chi connectivity index (χ2n) is 4.33. The molecule has 0 aliphatic heterocycles. The Bertz CT molecular complexity index is 833. The van der Waals surface area contributed by atoms with Gasteiger partial charge in [0.05, 0.1) is 16.7 Å². The topological polar surface area (TPSA) is 20.7 Å². The van der Waals surface area contributed by atoms with Crippen LogP contribution in [0.4, 0.5) is 8.78 Å². The Balaban J connectivity index is 2.43. The summed E-state index contributed by atoms with van der Waals surface area (Å²) in [6, 6.07) is 8.93. The molecule has 2 aromatic carbocycles. The van der Waals surface area contributed by atoms with E-state index in [4.69, 9.17) is 12.2 Å². The van der Waals surface area contributed by atoms with Gasteiger partial charge in [0.15, 0.2) is 4.77 Å². The van der Waals surface area contributed by atoms with Gasteiger partial charge in [-0.25, -0.2) is 8.78 Å². The fourth-order valence-electron chi connectivity index (χ4n) is 2.17. The molecular weight excluding hydrogens is 266 g/mol. The van der Waals surface area contributed by atoms with E-state index in [1.165, 1.54) is 4.57 Å². The summed E-state index contributed by atoms with van der Waals surface area (Å²) < 4.78 is 29.1. The van der Waals surface area contributed by atoms with E-state index in [0.717, 1.165) is 34.8 Å². The van der Waals surface area contributed by atoms with Gasteiger partial charge in [-0.05, 0) is 42.9 Å². The number of fused-ring (bicyclic) bond motifs is 1. The van der Waals surface area contributed by atoms with Gasteiger partial charge < -0.3 is 4.98 Å². The zero-order valence-electron chi connectivity index (χ0n) is 10.1. The van der Waals surface area contributed by atoms with Crippen LogP contribution in [-0.2, 0) is 0 Å². The number of aromatic nitrogens is 2. The van der Waals surface area contributed by atoms with Crippen LogP contribution < -0.4 is 0 Å². The highest BCUT2D eigenvalue weighted by atomic mass is 32.1. The summed E-state index contributed by atoms with van der Waals surface area (Å²) in [5.74, 6) is -1.01. The van der Waals surface area contributed by atoms with E-state index < -0.39 is 11.6 Å². The number of nitrogens with one attached hydrogen (secondary N) is 1. The smallest absolute Gasteiger partial charge is 0.182 e. The number of para-hydroxylation sites is 1. The van der Waals surface area contributed by atoms with Crippen molar-refractivity contribution in [3.8, 4) is 5.69 Å². The molecule has 0 aliphatic carbocycles. The lowest BCUT2D eigenvalue weighted by Crippen LogP contribution is -1.98. The van der Waals surface area contributed by atoms with E-state index >= 15 is 0 Å². The van der Waals surface area contributed by atoms with E-state index in [9.17, 15) is 8.78 Å². The number of halogens is 2. The Labute approximate surface area is 113 Å². The SMILES string of the molecule is Cc1cccc2c1[nH]c(=S)n2-c1cc(F)ccc1F. The molecule has 1 N–H and O–H groups in total. The van der Waals surface area contributed by atoms with E-state index in [1.54, 1.807) is 0 Å². The summed E-state index contributed by atoms with van der Waals surface area (Å²) >= 11 is 5.22. The van der Waals surface area contributed by atoms with Gasteiger partial charge in [0, 0.05) is 6.07 Å². The minimum absolute atomic E-state index is 0.113. The second kappa shape index (κ2) is 4.28. The summed E-state index contributed by atoms with van der Waals surface area (Å²) in [6.07, 6.45) is 0. The molecule has 0 radical (unpaired) electrons. The molecule has 1 heterocycles. The molecule has 0 fully saturated rings. The van der Waals surface area contributed by atoms with E-state index in [1.807, 2.05) is 25.1 Å². The summed E-state index contributed by atoms with van der Waals surface area (Å²) in [7, 11) is 0. The van der Waals surface area contributed by atoms with E-state index in [0.29, 0.717) is 4.77 Å². The quantitative estimate of drug-likeness (QED) is 0.658. The van der Waals surface area contributed by atoms with Crippen molar-refractivity contribution in [2.75, 3.05) is 0 Å². The lowest BCUT2D eigenvalue weighted by Gasteiger charge is -2.06. The standard InChI is InChI=1S/C14H10F2N2S/c1-8-3-2-4-11-13(8)17-14(19)18(11)12-7-9(15)5-6-10(12)16/h2-7H,1H3,(H,17,19). The Morgan fingerprint density at radius 1 is 1.16 bits per heavy atom. The molecule has 3 rings (SSSR count). The van der Waals surface area contributed by atoms with Gasteiger partial charge in [-0.15, -0.1) is 0 Å². The zero-order valence-corrected chi connectivity index (χ0v) is 10.9. The molecule has 3 aromatic rings. The van der Waals surface area contributed by atoms with Crippen molar-refractivity contribution in [3.63, 3.8) is 0 Å². The van der Waals surface area contributed by atoms with Crippen LogP contribution in [0.15, 0.2) is 36.4 Å². The van der Waals surface area contributed by atoms with Crippen molar-refractivity contribution in [2.24, 2.45) is 0 Å². The minimum Gasteiger partial charge on any atom is -0.330 e. The number of hydrogen-bond donors (Lipinski definition) is 1. The molecule has 0 amide bonds. The molecule has 0 bridgehead atoms. The Kier molecular flexibility index (Phi) is 2.71. The number of imidazole rings is 1. The Morgan fingerprint density at radius 3 is 2.74 bits per heavy atom. The third-order valence-corrected chi connectivity index (χ3v) is 3.36. The van der Waals surface area contributed by atoms with Crippen LogP contribution in [-0.4, -0.2) is 9.55 Å². The van der Waals surface area contributed by atoms with Crippen LogP contribution in [0, 0.1) is 23.3 Å². The fraction of sp³-hybridized carbons (Fsp3) is 0.0714. The Hall–Kier alpha value is -2.01. The van der Waals surface area contributed by atoms with E-state index in [-0.39, 0.29) is 5.69 Å². The monoisotopic (exact) mass is 276 g/mol. The van der Waals surface area contributed by atoms with Crippen molar-refractivity contribution in [1.82, 2.24) is 9.55 Å². The van der Waals surface area contributed by atoms with Crippen LogP contribution in [0.1, 0.15) is 5.56 Å². The van der Waals surface area contributed by atoms with Gasteiger partial charge in [-0.2, -0.15) is 0 Å². The maximum Gasteiger partial charge on any atom is 0.182 e. The molecule has 0 saturated carbocycles. The van der Waals surface area contributed by atoms with Gasteiger partial charge in [0.1, 0.15) is 11.6 Å². The Morgan fingerprint density at radius 2 is 1.95 bits per heavy atom. The van der Waals surface area contributed by atoms with Crippen LogP contribution in [0.5, 0.6) is 0 Å². The third-order valence-electron chi connectivity index (χ3n) is 3.08. The van der Waals surface area contributed by atoms with Gasteiger partial charge >= 0.3 is 0 Å². The highest BCUT2D eigenvalue weighted by Crippen LogP contribution is 2.24. The van der Waals surface area contributed by atoms with Gasteiger partial charge in [0.25, 0.3) is 0 Å². The van der Waals surface area contributed by atoms with Gasteiger partial charge in [0.2, 0.25) is 0 Å². The first kappa shape index (κ1) is 12.0. The lowest BCUT2D eigenvalue weighted by atomic mass is 10.2. The largest absolute Gasteiger partial charge is 0.330 e. The third kappa shape index (κ3) is 1.86. The minimum atomic E-state index is -0.514. The molecular formula is C14H10F2N2S. The molecule has 0 atom stereocenters. The number of rotatable bonds is 1.